The summed E-state index contributed by atoms with van der Waals surface area (Å²) in [5.41, 5.74) is -1.03. The Morgan fingerprint density at radius 2 is 1.29 bits per heavy atom. The molecule has 4 heteroatoms. The van der Waals surface area contributed by atoms with Crippen molar-refractivity contribution in [2.45, 2.75) is 82.8 Å². The monoisotopic (exact) mass is 245 g/mol. The van der Waals surface area contributed by atoms with Crippen molar-refractivity contribution in [2.24, 2.45) is 0 Å². The highest BCUT2D eigenvalue weighted by Gasteiger charge is 2.45. The third kappa shape index (κ3) is 3.19. The zero-order chi connectivity index (χ0) is 13.1. The topological polar surface area (TPSA) is 72.7 Å². The molecule has 3 unspecified atom stereocenters. The minimum atomic E-state index is -1.03. The zero-order valence-corrected chi connectivity index (χ0v) is 11.2. The molecule has 0 spiro atoms. The molecule has 3 atom stereocenters. The molecule has 0 saturated heterocycles. The maximum atomic E-state index is 9.95. The average Bonchev–Trinajstić information content (AvgIpc) is 2.25. The number of aliphatic hydroxyl groups is 3. The van der Waals surface area contributed by atoms with Crippen molar-refractivity contribution in [3.8, 4) is 0 Å². The van der Waals surface area contributed by atoms with Crippen molar-refractivity contribution < 1.29 is 15.3 Å². The highest BCUT2D eigenvalue weighted by atomic mass is 16.3. The van der Waals surface area contributed by atoms with Crippen LogP contribution in [0.5, 0.6) is 0 Å². The van der Waals surface area contributed by atoms with Crippen molar-refractivity contribution in [3.05, 3.63) is 0 Å². The quantitative estimate of drug-likeness (QED) is 0.578. The van der Waals surface area contributed by atoms with E-state index in [1.165, 1.54) is 19.3 Å². The molecule has 17 heavy (non-hydrogen) atoms. The van der Waals surface area contributed by atoms with Crippen LogP contribution < -0.4 is 5.32 Å². The summed E-state index contributed by atoms with van der Waals surface area (Å²) < 4.78 is 0. The predicted molar refractivity (Wildman–Crippen MR) is 67.8 cm³/mol. The van der Waals surface area contributed by atoms with Crippen LogP contribution >= 0.6 is 0 Å². The Kier molecular flexibility index (Phi) is 5.38. The largest absolute Gasteiger partial charge is 0.391 e. The van der Waals surface area contributed by atoms with Gasteiger partial charge in [-0.15, -0.1) is 0 Å². The molecule has 0 amide bonds. The Morgan fingerprint density at radius 1 is 0.882 bits per heavy atom. The molecule has 1 fully saturated rings. The van der Waals surface area contributed by atoms with E-state index < -0.39 is 23.9 Å². The van der Waals surface area contributed by atoms with Crippen molar-refractivity contribution in [2.75, 3.05) is 0 Å². The van der Waals surface area contributed by atoms with E-state index in [4.69, 9.17) is 0 Å². The van der Waals surface area contributed by atoms with Crippen LogP contribution in [-0.2, 0) is 0 Å². The Balaban J connectivity index is 2.81. The number of aliphatic hydroxyl groups excluding tert-OH is 3. The van der Waals surface area contributed by atoms with Crippen LogP contribution in [0.25, 0.3) is 0 Å². The van der Waals surface area contributed by atoms with Gasteiger partial charge in [-0.3, -0.25) is 0 Å². The van der Waals surface area contributed by atoms with E-state index >= 15 is 0 Å². The first-order valence-electron chi connectivity index (χ1n) is 6.73. The number of hydrogen-bond acceptors (Lipinski definition) is 4. The fourth-order valence-corrected chi connectivity index (χ4v) is 3.01. The summed E-state index contributed by atoms with van der Waals surface area (Å²) in [6, 6.07) is 0.280. The third-order valence-electron chi connectivity index (χ3n) is 4.13. The van der Waals surface area contributed by atoms with Crippen LogP contribution in [0.2, 0.25) is 0 Å². The SMILES string of the molecule is CC(O)C(NC1CCCCC1)(C(C)O)C(C)O. The van der Waals surface area contributed by atoms with Crippen LogP contribution in [0, 0.1) is 0 Å². The molecule has 1 aliphatic rings. The normalized spacial score (nSPS) is 27.2. The number of nitrogens with one attached hydrogen (secondary N) is 1. The lowest BCUT2D eigenvalue weighted by atomic mass is 9.80. The van der Waals surface area contributed by atoms with E-state index in [9.17, 15) is 15.3 Å². The first kappa shape index (κ1) is 14.9. The lowest BCUT2D eigenvalue weighted by molar-refractivity contribution is -0.0880. The van der Waals surface area contributed by atoms with Gasteiger partial charge in [0, 0.05) is 6.04 Å². The molecule has 0 aromatic heterocycles. The first-order valence-corrected chi connectivity index (χ1v) is 6.73. The molecule has 1 aliphatic carbocycles. The molecule has 1 saturated carbocycles. The summed E-state index contributed by atoms with van der Waals surface area (Å²) in [5, 5.41) is 33.2. The van der Waals surface area contributed by atoms with Gasteiger partial charge >= 0.3 is 0 Å². The second-order valence-electron chi connectivity index (χ2n) is 5.44. The molecule has 0 heterocycles. The molecule has 0 aromatic rings. The Labute approximate surface area is 104 Å². The smallest absolute Gasteiger partial charge is 0.0961 e. The van der Waals surface area contributed by atoms with Gasteiger partial charge in [-0.05, 0) is 33.6 Å². The average molecular weight is 245 g/mol. The van der Waals surface area contributed by atoms with Crippen LogP contribution in [0.15, 0.2) is 0 Å². The van der Waals surface area contributed by atoms with Crippen molar-refractivity contribution >= 4 is 0 Å². The summed E-state index contributed by atoms with van der Waals surface area (Å²) in [5.74, 6) is 0. The van der Waals surface area contributed by atoms with Gasteiger partial charge in [0.05, 0.1) is 23.9 Å². The zero-order valence-electron chi connectivity index (χ0n) is 11.2. The summed E-state index contributed by atoms with van der Waals surface area (Å²) in [7, 11) is 0. The molecule has 0 radical (unpaired) electrons. The first-order chi connectivity index (χ1) is 7.91. The van der Waals surface area contributed by atoms with E-state index in [1.807, 2.05) is 0 Å². The molecule has 0 bridgehead atoms. The van der Waals surface area contributed by atoms with Gasteiger partial charge in [0.2, 0.25) is 0 Å². The maximum Gasteiger partial charge on any atom is 0.0961 e. The second-order valence-corrected chi connectivity index (χ2v) is 5.44. The van der Waals surface area contributed by atoms with Gasteiger partial charge in [0.15, 0.2) is 0 Å². The lowest BCUT2D eigenvalue weighted by Gasteiger charge is -2.45. The molecular weight excluding hydrogens is 218 g/mol. The van der Waals surface area contributed by atoms with Gasteiger partial charge < -0.3 is 20.6 Å². The van der Waals surface area contributed by atoms with E-state index in [0.717, 1.165) is 12.8 Å². The third-order valence-corrected chi connectivity index (χ3v) is 4.13. The molecular formula is C13H27NO3. The van der Waals surface area contributed by atoms with Gasteiger partial charge in [-0.25, -0.2) is 0 Å². The highest BCUT2D eigenvalue weighted by molar-refractivity contribution is 5.03. The summed E-state index contributed by atoms with van der Waals surface area (Å²) in [4.78, 5) is 0. The minimum absolute atomic E-state index is 0.280. The Bertz CT molecular complexity index is 201. The van der Waals surface area contributed by atoms with Gasteiger partial charge in [0.25, 0.3) is 0 Å². The minimum Gasteiger partial charge on any atom is -0.391 e. The fraction of sp³-hybridized carbons (Fsp3) is 1.00. The maximum absolute atomic E-state index is 9.95. The Hall–Kier alpha value is -0.160. The van der Waals surface area contributed by atoms with E-state index in [2.05, 4.69) is 5.32 Å². The molecule has 4 nitrogen and oxygen atoms in total. The molecule has 4 N–H and O–H groups in total. The van der Waals surface area contributed by atoms with Crippen molar-refractivity contribution in [3.63, 3.8) is 0 Å². The van der Waals surface area contributed by atoms with Gasteiger partial charge in [-0.2, -0.15) is 0 Å². The van der Waals surface area contributed by atoms with E-state index in [0.29, 0.717) is 0 Å². The molecule has 0 aliphatic heterocycles. The second kappa shape index (κ2) is 6.14. The summed E-state index contributed by atoms with van der Waals surface area (Å²) in [6.07, 6.45) is 3.30. The van der Waals surface area contributed by atoms with Crippen LogP contribution in [-0.4, -0.2) is 45.2 Å². The molecule has 1 rings (SSSR count). The number of rotatable bonds is 5. The summed E-state index contributed by atoms with van der Waals surface area (Å²) >= 11 is 0. The van der Waals surface area contributed by atoms with Crippen LogP contribution in [0.4, 0.5) is 0 Å². The van der Waals surface area contributed by atoms with E-state index in [1.54, 1.807) is 20.8 Å². The summed E-state index contributed by atoms with van der Waals surface area (Å²) in [6.45, 7) is 4.86. The van der Waals surface area contributed by atoms with Crippen molar-refractivity contribution in [1.82, 2.24) is 5.32 Å². The number of hydrogen-bond donors (Lipinski definition) is 4. The van der Waals surface area contributed by atoms with Crippen LogP contribution in [0.1, 0.15) is 52.9 Å². The van der Waals surface area contributed by atoms with Crippen molar-refractivity contribution in [1.29, 1.82) is 0 Å². The highest BCUT2D eigenvalue weighted by Crippen LogP contribution is 2.26. The Morgan fingerprint density at radius 3 is 1.65 bits per heavy atom. The lowest BCUT2D eigenvalue weighted by Crippen LogP contribution is -2.69. The van der Waals surface area contributed by atoms with E-state index in [-0.39, 0.29) is 6.04 Å². The predicted octanol–water partition coefficient (Wildman–Crippen LogP) is 0.790. The molecule has 0 aromatic carbocycles. The standard InChI is InChI=1S/C13H27NO3/c1-9(15)13(10(2)16,11(3)17)14-12-7-5-4-6-8-12/h9-12,14-17H,4-8H2,1-3H3. The van der Waals surface area contributed by atoms with Gasteiger partial charge in [0.1, 0.15) is 0 Å². The van der Waals surface area contributed by atoms with Crippen LogP contribution in [0.3, 0.4) is 0 Å². The van der Waals surface area contributed by atoms with Gasteiger partial charge in [-0.1, -0.05) is 19.3 Å². The molecule has 102 valence electrons. The fourth-order valence-electron chi connectivity index (χ4n) is 3.01.